The van der Waals surface area contributed by atoms with E-state index in [2.05, 4.69) is 26.4 Å². The Morgan fingerprint density at radius 2 is 2.31 bits per heavy atom. The highest BCUT2D eigenvalue weighted by Crippen LogP contribution is 2.29. The maximum absolute atomic E-state index is 5.44. The zero-order chi connectivity index (χ0) is 11.4. The van der Waals surface area contributed by atoms with E-state index in [4.69, 9.17) is 10.3 Å². The summed E-state index contributed by atoms with van der Waals surface area (Å²) in [5, 5.41) is 6.95. The zero-order valence-electron chi connectivity index (χ0n) is 8.61. The minimum absolute atomic E-state index is 0.573. The molecule has 1 aromatic carbocycles. The second kappa shape index (κ2) is 5.14. The van der Waals surface area contributed by atoms with Crippen LogP contribution < -0.4 is 11.1 Å². The van der Waals surface area contributed by atoms with Crippen molar-refractivity contribution >= 4 is 21.6 Å². The van der Waals surface area contributed by atoms with Crippen molar-refractivity contribution in [3.8, 4) is 11.3 Å². The van der Waals surface area contributed by atoms with Gasteiger partial charge in [-0.15, -0.1) is 0 Å². The third kappa shape index (κ3) is 2.43. The number of nitrogens with zero attached hydrogens (tertiary/aromatic N) is 1. The van der Waals surface area contributed by atoms with Gasteiger partial charge in [0.05, 0.1) is 6.20 Å². The van der Waals surface area contributed by atoms with Crippen molar-refractivity contribution < 1.29 is 4.52 Å². The van der Waals surface area contributed by atoms with Crippen LogP contribution in [0.3, 0.4) is 0 Å². The molecule has 0 saturated carbocycles. The minimum Gasteiger partial charge on any atom is -0.379 e. The van der Waals surface area contributed by atoms with Crippen LogP contribution in [0, 0.1) is 0 Å². The summed E-state index contributed by atoms with van der Waals surface area (Å²) in [4.78, 5) is 0. The lowest BCUT2D eigenvalue weighted by Gasteiger charge is -2.03. The molecule has 0 fully saturated rings. The Morgan fingerprint density at radius 3 is 3.06 bits per heavy atom. The first-order valence-electron chi connectivity index (χ1n) is 4.96. The molecule has 5 heteroatoms. The summed E-state index contributed by atoms with van der Waals surface area (Å²) in [5.41, 5.74) is 7.28. The molecule has 3 N–H and O–H groups in total. The Bertz CT molecular complexity index is 470. The Labute approximate surface area is 102 Å². The highest BCUT2D eigenvalue weighted by Gasteiger charge is 2.10. The van der Waals surface area contributed by atoms with E-state index in [0.29, 0.717) is 13.1 Å². The Morgan fingerprint density at radius 1 is 1.44 bits per heavy atom. The molecule has 0 aliphatic rings. The van der Waals surface area contributed by atoms with Gasteiger partial charge in [-0.2, -0.15) is 0 Å². The van der Waals surface area contributed by atoms with E-state index in [9.17, 15) is 0 Å². The highest BCUT2D eigenvalue weighted by molar-refractivity contribution is 9.10. The van der Waals surface area contributed by atoms with E-state index in [0.717, 1.165) is 21.5 Å². The van der Waals surface area contributed by atoms with E-state index in [1.807, 2.05) is 24.3 Å². The third-order valence-corrected chi connectivity index (χ3v) is 2.61. The van der Waals surface area contributed by atoms with Gasteiger partial charge in [0.1, 0.15) is 5.69 Å². The Kier molecular flexibility index (Phi) is 3.58. The van der Waals surface area contributed by atoms with Gasteiger partial charge in [-0.1, -0.05) is 33.2 Å². The first kappa shape index (κ1) is 11.2. The molecule has 84 valence electrons. The lowest BCUT2D eigenvalue weighted by atomic mass is 10.1. The lowest BCUT2D eigenvalue weighted by Crippen LogP contribution is -2.12. The SMILES string of the molecule is NCCNc1cnoc1-c1cccc(Br)c1. The summed E-state index contributed by atoms with van der Waals surface area (Å²) in [6.45, 7) is 1.27. The number of halogens is 1. The fourth-order valence-electron chi connectivity index (χ4n) is 1.41. The lowest BCUT2D eigenvalue weighted by molar-refractivity contribution is 0.432. The number of aromatic nitrogens is 1. The molecule has 0 aliphatic carbocycles. The number of hydrogen-bond donors (Lipinski definition) is 2. The number of nitrogens with one attached hydrogen (secondary N) is 1. The summed E-state index contributed by atoms with van der Waals surface area (Å²) in [6.07, 6.45) is 1.66. The van der Waals surface area contributed by atoms with Gasteiger partial charge < -0.3 is 15.6 Å². The topological polar surface area (TPSA) is 64.1 Å². The van der Waals surface area contributed by atoms with Gasteiger partial charge >= 0.3 is 0 Å². The minimum atomic E-state index is 0.573. The van der Waals surface area contributed by atoms with Crippen LogP contribution in [-0.4, -0.2) is 18.2 Å². The molecular weight excluding hydrogens is 270 g/mol. The molecule has 1 aromatic heterocycles. The van der Waals surface area contributed by atoms with Crippen LogP contribution in [0.15, 0.2) is 39.5 Å². The molecule has 0 aliphatic heterocycles. The van der Waals surface area contributed by atoms with E-state index in [1.165, 1.54) is 0 Å². The number of rotatable bonds is 4. The van der Waals surface area contributed by atoms with E-state index in [-0.39, 0.29) is 0 Å². The van der Waals surface area contributed by atoms with Crippen molar-refractivity contribution in [1.29, 1.82) is 0 Å². The van der Waals surface area contributed by atoms with Crippen LogP contribution in [0.2, 0.25) is 0 Å². The molecule has 0 spiro atoms. The first-order chi connectivity index (χ1) is 7.81. The van der Waals surface area contributed by atoms with Crippen LogP contribution in [0.5, 0.6) is 0 Å². The molecule has 2 rings (SSSR count). The van der Waals surface area contributed by atoms with Gasteiger partial charge in [-0.3, -0.25) is 0 Å². The molecule has 0 amide bonds. The summed E-state index contributed by atoms with van der Waals surface area (Å²) < 4.78 is 6.23. The van der Waals surface area contributed by atoms with Gasteiger partial charge in [0.25, 0.3) is 0 Å². The molecular formula is C11H12BrN3O. The average molecular weight is 282 g/mol. The smallest absolute Gasteiger partial charge is 0.189 e. The molecule has 0 unspecified atom stereocenters. The standard InChI is InChI=1S/C11H12BrN3O/c12-9-3-1-2-8(6-9)11-10(7-15-16-11)14-5-4-13/h1-3,6-7,14H,4-5,13H2. The molecule has 0 saturated heterocycles. The van der Waals surface area contributed by atoms with Crippen molar-refractivity contribution in [2.45, 2.75) is 0 Å². The van der Waals surface area contributed by atoms with E-state index < -0.39 is 0 Å². The number of nitrogens with two attached hydrogens (primary N) is 1. The summed E-state index contributed by atoms with van der Waals surface area (Å²) in [5.74, 6) is 0.731. The maximum atomic E-state index is 5.44. The van der Waals surface area contributed by atoms with Gasteiger partial charge in [0.2, 0.25) is 0 Å². The van der Waals surface area contributed by atoms with Crippen LogP contribution in [-0.2, 0) is 0 Å². The summed E-state index contributed by atoms with van der Waals surface area (Å²) in [7, 11) is 0. The second-order valence-electron chi connectivity index (χ2n) is 3.29. The van der Waals surface area contributed by atoms with Gasteiger partial charge in [-0.25, -0.2) is 0 Å². The van der Waals surface area contributed by atoms with Crippen LogP contribution in [0.1, 0.15) is 0 Å². The summed E-state index contributed by atoms with van der Waals surface area (Å²) >= 11 is 3.42. The van der Waals surface area contributed by atoms with Crippen molar-refractivity contribution in [3.05, 3.63) is 34.9 Å². The van der Waals surface area contributed by atoms with Crippen LogP contribution in [0.4, 0.5) is 5.69 Å². The van der Waals surface area contributed by atoms with Crippen LogP contribution in [0.25, 0.3) is 11.3 Å². The van der Waals surface area contributed by atoms with Gasteiger partial charge in [0, 0.05) is 23.1 Å². The molecule has 0 radical (unpaired) electrons. The molecule has 2 aromatic rings. The number of hydrogen-bond acceptors (Lipinski definition) is 4. The first-order valence-corrected chi connectivity index (χ1v) is 5.75. The van der Waals surface area contributed by atoms with Crippen molar-refractivity contribution in [1.82, 2.24) is 5.16 Å². The van der Waals surface area contributed by atoms with Crippen molar-refractivity contribution in [2.75, 3.05) is 18.4 Å². The maximum Gasteiger partial charge on any atom is 0.189 e. The largest absolute Gasteiger partial charge is 0.379 e. The summed E-state index contributed by atoms with van der Waals surface area (Å²) in [6, 6.07) is 7.87. The van der Waals surface area contributed by atoms with Crippen LogP contribution >= 0.6 is 15.9 Å². The van der Waals surface area contributed by atoms with Gasteiger partial charge in [0.15, 0.2) is 5.76 Å². The highest BCUT2D eigenvalue weighted by atomic mass is 79.9. The predicted molar refractivity (Wildman–Crippen MR) is 67.2 cm³/mol. The van der Waals surface area contributed by atoms with Gasteiger partial charge in [-0.05, 0) is 12.1 Å². The Hall–Kier alpha value is -1.33. The molecule has 0 atom stereocenters. The number of benzene rings is 1. The fourth-order valence-corrected chi connectivity index (χ4v) is 1.81. The average Bonchev–Trinajstić information content (AvgIpc) is 2.74. The molecule has 4 nitrogen and oxygen atoms in total. The molecule has 0 bridgehead atoms. The molecule has 16 heavy (non-hydrogen) atoms. The zero-order valence-corrected chi connectivity index (χ0v) is 10.2. The van der Waals surface area contributed by atoms with Crippen molar-refractivity contribution in [3.63, 3.8) is 0 Å². The van der Waals surface area contributed by atoms with Crippen molar-refractivity contribution in [2.24, 2.45) is 5.73 Å². The molecule has 1 heterocycles. The fraction of sp³-hybridized carbons (Fsp3) is 0.182. The predicted octanol–water partition coefficient (Wildman–Crippen LogP) is 2.47. The quantitative estimate of drug-likeness (QED) is 0.904. The third-order valence-electron chi connectivity index (χ3n) is 2.12. The number of anilines is 1. The van der Waals surface area contributed by atoms with E-state index in [1.54, 1.807) is 6.20 Å². The Balaban J connectivity index is 2.29. The van der Waals surface area contributed by atoms with E-state index >= 15 is 0 Å². The normalized spacial score (nSPS) is 10.4. The monoisotopic (exact) mass is 281 g/mol. The second-order valence-corrected chi connectivity index (χ2v) is 4.21.